The minimum Gasteiger partial charge on any atom is -0.287 e. The van der Waals surface area contributed by atoms with E-state index >= 15 is 0 Å². The van der Waals surface area contributed by atoms with E-state index in [-0.39, 0.29) is 5.78 Å². The first-order valence-corrected chi connectivity index (χ1v) is 8.41. The molecule has 26 heavy (non-hydrogen) atoms. The SMILES string of the molecule is Cc1ccc(C=C(C(=O)c2ccccc2)n2nnc3ccccc32)cc1. The van der Waals surface area contributed by atoms with Crippen molar-refractivity contribution in [2.45, 2.75) is 6.92 Å². The second kappa shape index (κ2) is 6.76. The minimum atomic E-state index is -0.0955. The molecule has 0 spiro atoms. The van der Waals surface area contributed by atoms with Crippen molar-refractivity contribution in [3.05, 3.63) is 95.6 Å². The van der Waals surface area contributed by atoms with Crippen LogP contribution < -0.4 is 0 Å². The van der Waals surface area contributed by atoms with Gasteiger partial charge in [-0.25, -0.2) is 4.68 Å². The molecule has 0 aliphatic heterocycles. The summed E-state index contributed by atoms with van der Waals surface area (Å²) in [7, 11) is 0. The Morgan fingerprint density at radius 2 is 1.58 bits per heavy atom. The molecule has 0 radical (unpaired) electrons. The Morgan fingerprint density at radius 1 is 0.885 bits per heavy atom. The van der Waals surface area contributed by atoms with Gasteiger partial charge in [0.15, 0.2) is 0 Å². The number of fused-ring (bicyclic) bond motifs is 1. The first kappa shape index (κ1) is 16.0. The van der Waals surface area contributed by atoms with Crippen LogP contribution in [0.2, 0.25) is 0 Å². The van der Waals surface area contributed by atoms with Crippen LogP contribution in [0.3, 0.4) is 0 Å². The molecule has 4 rings (SSSR count). The van der Waals surface area contributed by atoms with Gasteiger partial charge in [-0.3, -0.25) is 4.79 Å². The van der Waals surface area contributed by atoms with E-state index in [1.165, 1.54) is 5.56 Å². The predicted octanol–water partition coefficient (Wildman–Crippen LogP) is 4.62. The number of allylic oxidation sites excluding steroid dienone is 1. The molecule has 0 aliphatic carbocycles. The van der Waals surface area contributed by atoms with E-state index in [2.05, 4.69) is 10.3 Å². The van der Waals surface area contributed by atoms with Gasteiger partial charge >= 0.3 is 0 Å². The number of aryl methyl sites for hydroxylation is 1. The monoisotopic (exact) mass is 339 g/mol. The number of rotatable bonds is 4. The fourth-order valence-electron chi connectivity index (χ4n) is 2.83. The van der Waals surface area contributed by atoms with Crippen LogP contribution in [0.4, 0.5) is 0 Å². The standard InChI is InChI=1S/C22H17N3O/c1-16-11-13-17(14-12-16)15-21(22(26)18-7-3-2-4-8-18)25-20-10-6-5-9-19(20)23-24-25/h2-15H,1H3. The molecule has 0 aliphatic rings. The number of hydrogen-bond donors (Lipinski definition) is 0. The van der Waals surface area contributed by atoms with E-state index in [1.54, 1.807) is 4.68 Å². The molecule has 0 fully saturated rings. The maximum Gasteiger partial charge on any atom is 0.211 e. The Labute approximate surface area is 151 Å². The van der Waals surface area contributed by atoms with Gasteiger partial charge in [0.2, 0.25) is 5.78 Å². The van der Waals surface area contributed by atoms with E-state index in [4.69, 9.17) is 0 Å². The summed E-state index contributed by atoms with van der Waals surface area (Å²) in [6.45, 7) is 2.04. The minimum absolute atomic E-state index is 0.0955. The number of aromatic nitrogens is 3. The van der Waals surface area contributed by atoms with E-state index < -0.39 is 0 Å². The van der Waals surface area contributed by atoms with E-state index in [0.717, 1.165) is 16.6 Å². The maximum absolute atomic E-state index is 13.2. The third-order valence-electron chi connectivity index (χ3n) is 4.23. The number of Topliss-reactive ketones (excluding diaryl/α,β-unsaturated/α-hetero) is 1. The van der Waals surface area contributed by atoms with Gasteiger partial charge in [0, 0.05) is 5.56 Å². The average molecular weight is 339 g/mol. The van der Waals surface area contributed by atoms with Crippen molar-refractivity contribution < 1.29 is 4.79 Å². The third kappa shape index (κ3) is 3.05. The van der Waals surface area contributed by atoms with E-state index in [9.17, 15) is 4.79 Å². The van der Waals surface area contributed by atoms with Crippen LogP contribution in [0.5, 0.6) is 0 Å². The lowest BCUT2D eigenvalue weighted by Gasteiger charge is -2.08. The molecule has 1 heterocycles. The summed E-state index contributed by atoms with van der Waals surface area (Å²) in [6, 6.07) is 24.9. The smallest absolute Gasteiger partial charge is 0.211 e. The van der Waals surface area contributed by atoms with Gasteiger partial charge in [0.05, 0.1) is 5.52 Å². The molecule has 0 amide bonds. The summed E-state index contributed by atoms with van der Waals surface area (Å²) in [5.74, 6) is -0.0955. The summed E-state index contributed by atoms with van der Waals surface area (Å²) in [5, 5.41) is 8.42. The van der Waals surface area contributed by atoms with Gasteiger partial charge in [-0.2, -0.15) is 0 Å². The largest absolute Gasteiger partial charge is 0.287 e. The highest BCUT2D eigenvalue weighted by atomic mass is 16.1. The maximum atomic E-state index is 13.2. The van der Waals surface area contributed by atoms with Crippen LogP contribution in [0, 0.1) is 6.92 Å². The zero-order valence-electron chi connectivity index (χ0n) is 14.3. The van der Waals surface area contributed by atoms with Gasteiger partial charge < -0.3 is 0 Å². The van der Waals surface area contributed by atoms with Crippen molar-refractivity contribution in [3.63, 3.8) is 0 Å². The zero-order valence-corrected chi connectivity index (χ0v) is 14.3. The molecule has 4 nitrogen and oxygen atoms in total. The first-order valence-electron chi connectivity index (χ1n) is 8.41. The highest BCUT2D eigenvalue weighted by Gasteiger charge is 2.18. The second-order valence-corrected chi connectivity index (χ2v) is 6.13. The molecule has 0 bridgehead atoms. The fourth-order valence-corrected chi connectivity index (χ4v) is 2.83. The van der Waals surface area contributed by atoms with Crippen molar-refractivity contribution in [2.75, 3.05) is 0 Å². The lowest BCUT2D eigenvalue weighted by atomic mass is 10.1. The molecule has 4 aromatic rings. The number of ketones is 1. The average Bonchev–Trinajstić information content (AvgIpc) is 3.12. The molecular formula is C22H17N3O. The van der Waals surface area contributed by atoms with Crippen LogP contribution in [0.1, 0.15) is 21.5 Å². The number of benzene rings is 3. The van der Waals surface area contributed by atoms with Crippen LogP contribution in [0.25, 0.3) is 22.8 Å². The molecule has 0 unspecified atom stereocenters. The third-order valence-corrected chi connectivity index (χ3v) is 4.23. The second-order valence-electron chi connectivity index (χ2n) is 6.13. The zero-order chi connectivity index (χ0) is 17.9. The molecule has 0 saturated heterocycles. The number of carbonyl (C=O) groups is 1. The Bertz CT molecular complexity index is 1090. The van der Waals surface area contributed by atoms with Crippen LogP contribution in [0.15, 0.2) is 78.9 Å². The molecule has 4 heteroatoms. The topological polar surface area (TPSA) is 47.8 Å². The number of para-hydroxylation sites is 1. The van der Waals surface area contributed by atoms with Crippen LogP contribution in [-0.4, -0.2) is 20.8 Å². The van der Waals surface area contributed by atoms with Gasteiger partial charge in [0.25, 0.3) is 0 Å². The van der Waals surface area contributed by atoms with Crippen LogP contribution in [-0.2, 0) is 0 Å². The molecule has 3 aromatic carbocycles. The van der Waals surface area contributed by atoms with Crippen molar-refractivity contribution in [1.29, 1.82) is 0 Å². The predicted molar refractivity (Wildman–Crippen MR) is 104 cm³/mol. The summed E-state index contributed by atoms with van der Waals surface area (Å²) in [5.41, 5.74) is 4.75. The van der Waals surface area contributed by atoms with Gasteiger partial charge in [-0.15, -0.1) is 5.10 Å². The van der Waals surface area contributed by atoms with Crippen LogP contribution >= 0.6 is 0 Å². The molecule has 0 atom stereocenters. The quantitative estimate of drug-likeness (QED) is 0.402. The number of carbonyl (C=O) groups excluding carboxylic acids is 1. The van der Waals surface area contributed by atoms with Crippen molar-refractivity contribution in [3.8, 4) is 0 Å². The summed E-state index contributed by atoms with van der Waals surface area (Å²) < 4.78 is 1.62. The first-order chi connectivity index (χ1) is 12.7. The molecule has 1 aromatic heterocycles. The summed E-state index contributed by atoms with van der Waals surface area (Å²) >= 11 is 0. The lowest BCUT2D eigenvalue weighted by Crippen LogP contribution is -2.11. The fraction of sp³-hybridized carbons (Fsp3) is 0.0455. The summed E-state index contributed by atoms with van der Waals surface area (Å²) in [6.07, 6.45) is 1.86. The van der Waals surface area contributed by atoms with Gasteiger partial charge in [-0.1, -0.05) is 77.5 Å². The molecule has 0 saturated carbocycles. The van der Waals surface area contributed by atoms with Crippen molar-refractivity contribution in [2.24, 2.45) is 0 Å². The Balaban J connectivity index is 1.89. The van der Waals surface area contributed by atoms with Gasteiger partial charge in [-0.05, 0) is 30.7 Å². The Morgan fingerprint density at radius 3 is 2.35 bits per heavy atom. The highest BCUT2D eigenvalue weighted by molar-refractivity contribution is 6.28. The van der Waals surface area contributed by atoms with E-state index in [1.807, 2.05) is 91.9 Å². The Hall–Kier alpha value is -3.53. The van der Waals surface area contributed by atoms with Gasteiger partial charge in [0.1, 0.15) is 11.2 Å². The Kier molecular flexibility index (Phi) is 4.15. The number of hydrogen-bond acceptors (Lipinski definition) is 3. The normalized spacial score (nSPS) is 11.7. The highest BCUT2D eigenvalue weighted by Crippen LogP contribution is 2.21. The number of nitrogens with zero attached hydrogens (tertiary/aromatic N) is 3. The van der Waals surface area contributed by atoms with E-state index in [0.29, 0.717) is 11.3 Å². The summed E-state index contributed by atoms with van der Waals surface area (Å²) in [4.78, 5) is 13.2. The molecular weight excluding hydrogens is 322 g/mol. The van der Waals surface area contributed by atoms with Crippen molar-refractivity contribution >= 4 is 28.6 Å². The lowest BCUT2D eigenvalue weighted by molar-refractivity contribution is 0.105. The molecule has 126 valence electrons. The molecule has 0 N–H and O–H groups in total. The van der Waals surface area contributed by atoms with Crippen molar-refractivity contribution in [1.82, 2.24) is 15.0 Å².